The molecule has 0 unspecified atom stereocenters. The summed E-state index contributed by atoms with van der Waals surface area (Å²) in [6.07, 6.45) is -3.47. The SMILES string of the molecule is CO[C@@H]1[C@@H](OC)[C@H](O)[C@@H](C)O[C@@H]1O. The van der Waals surface area contributed by atoms with Crippen LogP contribution in [0.2, 0.25) is 0 Å². The van der Waals surface area contributed by atoms with Crippen molar-refractivity contribution in [3.63, 3.8) is 0 Å². The Morgan fingerprint density at radius 2 is 1.62 bits per heavy atom. The van der Waals surface area contributed by atoms with Gasteiger partial charge in [-0.3, -0.25) is 0 Å². The summed E-state index contributed by atoms with van der Waals surface area (Å²) in [7, 11) is 2.90. The second-order valence-corrected chi connectivity index (χ2v) is 3.12. The van der Waals surface area contributed by atoms with Crippen molar-refractivity contribution < 1.29 is 24.4 Å². The lowest BCUT2D eigenvalue weighted by Gasteiger charge is -2.40. The summed E-state index contributed by atoms with van der Waals surface area (Å²) >= 11 is 0. The van der Waals surface area contributed by atoms with Crippen LogP contribution in [0.15, 0.2) is 0 Å². The van der Waals surface area contributed by atoms with E-state index in [1.165, 1.54) is 14.2 Å². The molecule has 5 atom stereocenters. The van der Waals surface area contributed by atoms with Crippen LogP contribution in [-0.2, 0) is 14.2 Å². The van der Waals surface area contributed by atoms with E-state index in [1.54, 1.807) is 6.92 Å². The maximum absolute atomic E-state index is 9.62. The van der Waals surface area contributed by atoms with Crippen LogP contribution in [-0.4, -0.2) is 55.1 Å². The van der Waals surface area contributed by atoms with Crippen LogP contribution in [0.1, 0.15) is 6.92 Å². The molecular weight excluding hydrogens is 176 g/mol. The molecule has 2 N–H and O–H groups in total. The van der Waals surface area contributed by atoms with Gasteiger partial charge in [0.1, 0.15) is 18.3 Å². The van der Waals surface area contributed by atoms with Crippen molar-refractivity contribution in [1.29, 1.82) is 0 Å². The highest BCUT2D eigenvalue weighted by atomic mass is 16.7. The van der Waals surface area contributed by atoms with E-state index >= 15 is 0 Å². The van der Waals surface area contributed by atoms with Crippen LogP contribution in [0.3, 0.4) is 0 Å². The Kier molecular flexibility index (Phi) is 3.63. The maximum Gasteiger partial charge on any atom is 0.184 e. The average molecular weight is 192 g/mol. The number of methoxy groups -OCH3 is 2. The molecule has 13 heavy (non-hydrogen) atoms. The van der Waals surface area contributed by atoms with Crippen molar-refractivity contribution in [3.8, 4) is 0 Å². The lowest BCUT2D eigenvalue weighted by Crippen LogP contribution is -2.57. The van der Waals surface area contributed by atoms with Gasteiger partial charge in [0.2, 0.25) is 0 Å². The van der Waals surface area contributed by atoms with Crippen molar-refractivity contribution in [2.24, 2.45) is 0 Å². The van der Waals surface area contributed by atoms with E-state index in [2.05, 4.69) is 0 Å². The molecule has 0 aliphatic carbocycles. The third kappa shape index (κ3) is 2.00. The highest BCUT2D eigenvalue weighted by Crippen LogP contribution is 2.23. The Balaban J connectivity index is 2.71. The van der Waals surface area contributed by atoms with Gasteiger partial charge in [-0.05, 0) is 6.92 Å². The minimum atomic E-state index is -1.05. The Labute approximate surface area is 77.2 Å². The van der Waals surface area contributed by atoms with Gasteiger partial charge in [-0.2, -0.15) is 0 Å². The zero-order valence-corrected chi connectivity index (χ0v) is 8.01. The minimum Gasteiger partial charge on any atom is -0.388 e. The Morgan fingerprint density at radius 3 is 2.08 bits per heavy atom. The lowest BCUT2D eigenvalue weighted by molar-refractivity contribution is -0.287. The van der Waals surface area contributed by atoms with Crippen molar-refractivity contribution in [1.82, 2.24) is 0 Å². The van der Waals surface area contributed by atoms with Crippen molar-refractivity contribution in [2.75, 3.05) is 14.2 Å². The van der Waals surface area contributed by atoms with Gasteiger partial charge in [0.15, 0.2) is 6.29 Å². The molecule has 0 aromatic carbocycles. The second-order valence-electron chi connectivity index (χ2n) is 3.12. The van der Waals surface area contributed by atoms with Gasteiger partial charge in [-0.1, -0.05) is 0 Å². The van der Waals surface area contributed by atoms with Crippen molar-refractivity contribution >= 4 is 0 Å². The molecule has 0 radical (unpaired) electrons. The fourth-order valence-electron chi connectivity index (χ4n) is 1.53. The molecule has 0 aromatic heterocycles. The lowest BCUT2D eigenvalue weighted by atomic mass is 10.00. The zero-order chi connectivity index (χ0) is 10.0. The first-order chi connectivity index (χ1) is 6.11. The molecular formula is C8H16O5. The summed E-state index contributed by atoms with van der Waals surface area (Å²) in [5.74, 6) is 0. The second kappa shape index (κ2) is 4.34. The number of rotatable bonds is 2. The summed E-state index contributed by atoms with van der Waals surface area (Å²) in [5, 5.41) is 19.0. The largest absolute Gasteiger partial charge is 0.388 e. The highest BCUT2D eigenvalue weighted by Gasteiger charge is 2.43. The molecule has 1 heterocycles. The molecule has 1 rings (SSSR count). The third-order valence-electron chi connectivity index (χ3n) is 2.32. The van der Waals surface area contributed by atoms with Gasteiger partial charge in [0.25, 0.3) is 0 Å². The molecule has 78 valence electrons. The molecule has 5 nitrogen and oxygen atoms in total. The molecule has 5 heteroatoms. The number of hydrogen-bond acceptors (Lipinski definition) is 5. The standard InChI is InChI=1S/C8H16O5/c1-4-5(9)6(11-2)7(12-3)8(10)13-4/h4-10H,1-3H3/t4-,5-,6+,7-,8+/m1/s1. The van der Waals surface area contributed by atoms with Crippen LogP contribution < -0.4 is 0 Å². The smallest absolute Gasteiger partial charge is 0.184 e. The van der Waals surface area contributed by atoms with Gasteiger partial charge in [-0.25, -0.2) is 0 Å². The molecule has 0 aromatic rings. The van der Waals surface area contributed by atoms with Gasteiger partial charge in [0.05, 0.1) is 6.10 Å². The topological polar surface area (TPSA) is 68.2 Å². The molecule has 0 saturated carbocycles. The van der Waals surface area contributed by atoms with Gasteiger partial charge in [0, 0.05) is 14.2 Å². The van der Waals surface area contributed by atoms with E-state index in [-0.39, 0.29) is 0 Å². The summed E-state index contributed by atoms with van der Waals surface area (Å²) < 4.78 is 15.0. The molecule has 1 saturated heterocycles. The van der Waals surface area contributed by atoms with Crippen LogP contribution in [0.4, 0.5) is 0 Å². The summed E-state index contributed by atoms with van der Waals surface area (Å²) in [5.41, 5.74) is 0. The first-order valence-electron chi connectivity index (χ1n) is 4.19. The van der Waals surface area contributed by atoms with Crippen LogP contribution in [0.25, 0.3) is 0 Å². The number of hydrogen-bond donors (Lipinski definition) is 2. The minimum absolute atomic E-state index is 0.452. The first-order valence-corrected chi connectivity index (χ1v) is 4.19. The number of aliphatic hydroxyl groups is 2. The average Bonchev–Trinajstić information content (AvgIpc) is 2.10. The molecule has 1 aliphatic heterocycles. The van der Waals surface area contributed by atoms with Crippen molar-refractivity contribution in [2.45, 2.75) is 37.6 Å². The predicted octanol–water partition coefficient (Wildman–Crippen LogP) is -0.886. The molecule has 0 amide bonds. The van der Waals surface area contributed by atoms with E-state index in [9.17, 15) is 10.2 Å². The van der Waals surface area contributed by atoms with E-state index in [4.69, 9.17) is 14.2 Å². The fourth-order valence-corrected chi connectivity index (χ4v) is 1.53. The highest BCUT2D eigenvalue weighted by molar-refractivity contribution is 4.88. The molecule has 1 fully saturated rings. The van der Waals surface area contributed by atoms with Crippen LogP contribution >= 0.6 is 0 Å². The number of ether oxygens (including phenoxy) is 3. The Hall–Kier alpha value is -0.200. The quantitative estimate of drug-likeness (QED) is 0.594. The van der Waals surface area contributed by atoms with E-state index in [0.717, 1.165) is 0 Å². The van der Waals surface area contributed by atoms with Gasteiger partial charge < -0.3 is 24.4 Å². The van der Waals surface area contributed by atoms with Gasteiger partial charge >= 0.3 is 0 Å². The molecule has 0 bridgehead atoms. The maximum atomic E-state index is 9.62. The molecule has 1 aliphatic rings. The molecule has 0 spiro atoms. The Morgan fingerprint density at radius 1 is 1.08 bits per heavy atom. The summed E-state index contributed by atoms with van der Waals surface area (Å²) in [6, 6.07) is 0. The van der Waals surface area contributed by atoms with Gasteiger partial charge in [-0.15, -0.1) is 0 Å². The Bertz CT molecular complexity index is 163. The van der Waals surface area contributed by atoms with Crippen molar-refractivity contribution in [3.05, 3.63) is 0 Å². The first kappa shape index (κ1) is 10.9. The monoisotopic (exact) mass is 192 g/mol. The van der Waals surface area contributed by atoms with Crippen LogP contribution in [0.5, 0.6) is 0 Å². The fraction of sp³-hybridized carbons (Fsp3) is 1.00. The normalized spacial score (nSPS) is 46.4. The predicted molar refractivity (Wildman–Crippen MR) is 44.2 cm³/mol. The van der Waals surface area contributed by atoms with E-state index in [0.29, 0.717) is 0 Å². The van der Waals surface area contributed by atoms with E-state index in [1.807, 2.05) is 0 Å². The van der Waals surface area contributed by atoms with E-state index < -0.39 is 30.7 Å². The third-order valence-corrected chi connectivity index (χ3v) is 2.32. The van der Waals surface area contributed by atoms with Crippen LogP contribution in [0, 0.1) is 0 Å². The summed E-state index contributed by atoms with van der Waals surface area (Å²) in [6.45, 7) is 1.67. The number of aliphatic hydroxyl groups excluding tert-OH is 2. The zero-order valence-electron chi connectivity index (χ0n) is 8.01. The summed E-state index contributed by atoms with van der Waals surface area (Å²) in [4.78, 5) is 0.